The first-order valence-electron chi connectivity index (χ1n) is 6.92. The first-order valence-corrected chi connectivity index (χ1v) is 6.92. The van der Waals surface area contributed by atoms with Crippen LogP contribution in [0.25, 0.3) is 0 Å². The zero-order chi connectivity index (χ0) is 15.1. The predicted molar refractivity (Wildman–Crippen MR) is 74.5 cm³/mol. The average molecular weight is 281 g/mol. The van der Waals surface area contributed by atoms with Crippen LogP contribution in [0.2, 0.25) is 0 Å². The first-order chi connectivity index (χ1) is 9.16. The molecule has 0 spiro atoms. The number of carbonyl (C=O) groups is 1. The summed E-state index contributed by atoms with van der Waals surface area (Å²) in [5.41, 5.74) is -0.677. The van der Waals surface area contributed by atoms with E-state index in [1.165, 1.54) is 13.8 Å². The van der Waals surface area contributed by atoms with Gasteiger partial charge < -0.3 is 4.90 Å². The summed E-state index contributed by atoms with van der Waals surface area (Å²) in [5, 5.41) is 0. The van der Waals surface area contributed by atoms with Gasteiger partial charge in [0.15, 0.2) is 0 Å². The summed E-state index contributed by atoms with van der Waals surface area (Å²) in [6.45, 7) is 5.36. The van der Waals surface area contributed by atoms with Crippen molar-refractivity contribution in [3.8, 4) is 0 Å². The Morgan fingerprint density at radius 3 is 2.20 bits per heavy atom. The minimum absolute atomic E-state index is 0.00864. The maximum atomic E-state index is 13.7. The van der Waals surface area contributed by atoms with Gasteiger partial charge in [0, 0.05) is 13.0 Å². The zero-order valence-electron chi connectivity index (χ0n) is 12.4. The van der Waals surface area contributed by atoms with Gasteiger partial charge in [-0.3, -0.25) is 4.79 Å². The number of alkyl halides is 2. The van der Waals surface area contributed by atoms with Crippen molar-refractivity contribution in [2.24, 2.45) is 5.41 Å². The zero-order valence-corrected chi connectivity index (χ0v) is 12.4. The van der Waals surface area contributed by atoms with Gasteiger partial charge >= 0.3 is 0 Å². The van der Waals surface area contributed by atoms with E-state index in [1.807, 2.05) is 37.3 Å². The molecule has 0 aliphatic carbocycles. The normalized spacial score (nSPS) is 23.4. The molecule has 0 radical (unpaired) electrons. The second-order valence-corrected chi connectivity index (χ2v) is 6.24. The van der Waals surface area contributed by atoms with Crippen LogP contribution in [0.1, 0.15) is 45.7 Å². The van der Waals surface area contributed by atoms with E-state index in [0.717, 1.165) is 18.9 Å². The van der Waals surface area contributed by atoms with E-state index in [9.17, 15) is 13.6 Å². The van der Waals surface area contributed by atoms with E-state index in [1.54, 1.807) is 4.90 Å². The van der Waals surface area contributed by atoms with Crippen molar-refractivity contribution in [3.63, 3.8) is 0 Å². The maximum Gasteiger partial charge on any atom is 0.259 e. The topological polar surface area (TPSA) is 20.3 Å². The van der Waals surface area contributed by atoms with E-state index in [2.05, 4.69) is 0 Å². The van der Waals surface area contributed by atoms with E-state index >= 15 is 0 Å². The fourth-order valence-corrected chi connectivity index (χ4v) is 2.54. The number of carbonyl (C=O) groups excluding carboxylic acids is 1. The third kappa shape index (κ3) is 2.32. The van der Waals surface area contributed by atoms with Crippen LogP contribution in [0.3, 0.4) is 0 Å². The Balaban J connectivity index is 2.25. The molecule has 4 heteroatoms. The monoisotopic (exact) mass is 281 g/mol. The lowest BCUT2D eigenvalue weighted by atomic mass is 9.79. The average Bonchev–Trinajstić information content (AvgIpc) is 2.35. The standard InChI is InChI=1S/C16H21F2NO/c1-11-10-13(12-8-6-5-7-9-12)19(11)14(20)15(2,3)16(4,17)18/h5-9,11,13H,10H2,1-4H3. The largest absolute Gasteiger partial charge is 0.332 e. The highest BCUT2D eigenvalue weighted by Gasteiger charge is 2.54. The van der Waals surface area contributed by atoms with E-state index in [0.29, 0.717) is 0 Å². The number of hydrogen-bond donors (Lipinski definition) is 0. The highest BCUT2D eigenvalue weighted by Crippen LogP contribution is 2.45. The number of likely N-dealkylation sites (tertiary alicyclic amines) is 1. The fraction of sp³-hybridized carbons (Fsp3) is 0.562. The van der Waals surface area contributed by atoms with Crippen LogP contribution in [-0.2, 0) is 4.79 Å². The lowest BCUT2D eigenvalue weighted by Gasteiger charge is -2.51. The van der Waals surface area contributed by atoms with E-state index in [-0.39, 0.29) is 12.1 Å². The second kappa shape index (κ2) is 4.83. The molecule has 1 heterocycles. The lowest BCUT2D eigenvalue weighted by Crippen LogP contribution is -2.58. The Labute approximate surface area is 118 Å². The molecular weight excluding hydrogens is 260 g/mol. The SMILES string of the molecule is CC1CC(c2ccccc2)N1C(=O)C(C)(C)C(C)(F)F. The third-order valence-corrected chi connectivity index (χ3v) is 4.43. The van der Waals surface area contributed by atoms with Gasteiger partial charge in [-0.05, 0) is 32.8 Å². The number of amides is 1. The molecule has 1 aromatic rings. The van der Waals surface area contributed by atoms with E-state index < -0.39 is 17.2 Å². The van der Waals surface area contributed by atoms with Crippen LogP contribution in [0, 0.1) is 5.41 Å². The van der Waals surface area contributed by atoms with Gasteiger partial charge in [0.2, 0.25) is 5.91 Å². The number of hydrogen-bond acceptors (Lipinski definition) is 1. The summed E-state index contributed by atoms with van der Waals surface area (Å²) in [6, 6.07) is 9.51. The Hall–Kier alpha value is -1.45. The van der Waals surface area contributed by atoms with E-state index in [4.69, 9.17) is 0 Å². The van der Waals surface area contributed by atoms with Crippen LogP contribution in [-0.4, -0.2) is 22.8 Å². The first kappa shape index (κ1) is 14.9. The summed E-state index contributed by atoms with van der Waals surface area (Å²) < 4.78 is 27.4. The van der Waals surface area contributed by atoms with Crippen LogP contribution < -0.4 is 0 Å². The minimum atomic E-state index is -3.04. The molecule has 2 nitrogen and oxygen atoms in total. The Kier molecular flexibility index (Phi) is 3.61. The van der Waals surface area contributed by atoms with Gasteiger partial charge in [-0.15, -0.1) is 0 Å². The third-order valence-electron chi connectivity index (χ3n) is 4.43. The highest BCUT2D eigenvalue weighted by molar-refractivity contribution is 5.84. The van der Waals surface area contributed by atoms with Crippen LogP contribution in [0.5, 0.6) is 0 Å². The van der Waals surface area contributed by atoms with Gasteiger partial charge in [0.1, 0.15) is 5.41 Å². The lowest BCUT2D eigenvalue weighted by molar-refractivity contribution is -0.175. The predicted octanol–water partition coefficient (Wildman–Crippen LogP) is 4.03. The van der Waals surface area contributed by atoms with Crippen molar-refractivity contribution in [2.75, 3.05) is 0 Å². The van der Waals surface area contributed by atoms with Gasteiger partial charge in [0.25, 0.3) is 5.92 Å². The molecule has 110 valence electrons. The van der Waals surface area contributed by atoms with Crippen molar-refractivity contribution in [3.05, 3.63) is 35.9 Å². The molecule has 1 aliphatic heterocycles. The maximum absolute atomic E-state index is 13.7. The summed E-state index contributed by atoms with van der Waals surface area (Å²) in [4.78, 5) is 14.1. The minimum Gasteiger partial charge on any atom is -0.332 e. The molecule has 0 bridgehead atoms. The van der Waals surface area contributed by atoms with Crippen molar-refractivity contribution in [2.45, 2.75) is 52.1 Å². The van der Waals surface area contributed by atoms with Gasteiger partial charge in [-0.2, -0.15) is 0 Å². The quantitative estimate of drug-likeness (QED) is 0.819. The van der Waals surface area contributed by atoms with Crippen molar-refractivity contribution >= 4 is 5.91 Å². The molecule has 1 amide bonds. The van der Waals surface area contributed by atoms with Crippen LogP contribution in [0.15, 0.2) is 30.3 Å². The van der Waals surface area contributed by atoms with Crippen molar-refractivity contribution in [1.82, 2.24) is 4.90 Å². The molecule has 1 fully saturated rings. The number of halogens is 2. The van der Waals surface area contributed by atoms with Gasteiger partial charge in [0.05, 0.1) is 6.04 Å². The molecule has 1 saturated heterocycles. The molecule has 2 atom stereocenters. The van der Waals surface area contributed by atoms with Crippen molar-refractivity contribution < 1.29 is 13.6 Å². The summed E-state index contributed by atoms with van der Waals surface area (Å²) in [5.74, 6) is -3.52. The summed E-state index contributed by atoms with van der Waals surface area (Å²) in [7, 11) is 0. The smallest absolute Gasteiger partial charge is 0.259 e. The Morgan fingerprint density at radius 2 is 1.75 bits per heavy atom. The van der Waals surface area contributed by atoms with Gasteiger partial charge in [-0.1, -0.05) is 30.3 Å². The summed E-state index contributed by atoms with van der Waals surface area (Å²) >= 11 is 0. The Morgan fingerprint density at radius 1 is 1.20 bits per heavy atom. The molecule has 2 unspecified atom stereocenters. The number of rotatable bonds is 3. The van der Waals surface area contributed by atoms with Crippen LogP contribution in [0.4, 0.5) is 8.78 Å². The molecular formula is C16H21F2NO. The highest BCUT2D eigenvalue weighted by atomic mass is 19.3. The molecule has 20 heavy (non-hydrogen) atoms. The molecule has 1 aliphatic rings. The second-order valence-electron chi connectivity index (χ2n) is 6.24. The molecule has 1 aromatic carbocycles. The van der Waals surface area contributed by atoms with Crippen molar-refractivity contribution in [1.29, 1.82) is 0 Å². The summed E-state index contributed by atoms with van der Waals surface area (Å²) in [6.07, 6.45) is 0.821. The number of benzene rings is 1. The van der Waals surface area contributed by atoms with Crippen LogP contribution >= 0.6 is 0 Å². The fourth-order valence-electron chi connectivity index (χ4n) is 2.54. The number of nitrogens with zero attached hydrogens (tertiary/aromatic N) is 1. The molecule has 0 saturated carbocycles. The van der Waals surface area contributed by atoms with Gasteiger partial charge in [-0.25, -0.2) is 8.78 Å². The Bertz CT molecular complexity index is 493. The molecule has 0 N–H and O–H groups in total. The molecule has 2 rings (SSSR count). The molecule has 0 aromatic heterocycles.